The lowest BCUT2D eigenvalue weighted by molar-refractivity contribution is -0.146. The second kappa shape index (κ2) is 13.9. The third-order valence-corrected chi connectivity index (χ3v) is 3.17. The van der Waals surface area contributed by atoms with Gasteiger partial charge in [-0.05, 0) is 38.0 Å². The predicted octanol–water partition coefficient (Wildman–Crippen LogP) is 3.11. The summed E-state index contributed by atoms with van der Waals surface area (Å²) in [7, 11) is 1.69. The van der Waals surface area contributed by atoms with Crippen molar-refractivity contribution in [3.05, 3.63) is 0 Å². The number of hydrogen-bond acceptors (Lipinski definition) is 5. The van der Waals surface area contributed by atoms with E-state index in [9.17, 15) is 9.59 Å². The van der Waals surface area contributed by atoms with Crippen LogP contribution in [0.15, 0.2) is 0 Å². The van der Waals surface area contributed by atoms with Gasteiger partial charge in [0.25, 0.3) is 0 Å². The van der Waals surface area contributed by atoms with Crippen LogP contribution < -0.4 is 0 Å². The van der Waals surface area contributed by atoms with E-state index in [4.69, 9.17) is 14.2 Å². The molecule has 0 heterocycles. The Morgan fingerprint density at radius 2 is 1.43 bits per heavy atom. The van der Waals surface area contributed by atoms with Crippen molar-refractivity contribution >= 4 is 11.9 Å². The van der Waals surface area contributed by atoms with E-state index in [1.54, 1.807) is 7.11 Å². The molecule has 0 radical (unpaired) electrons. The van der Waals surface area contributed by atoms with Crippen molar-refractivity contribution in [2.24, 2.45) is 5.92 Å². The van der Waals surface area contributed by atoms with E-state index in [0.717, 1.165) is 25.9 Å². The molecule has 0 bridgehead atoms. The van der Waals surface area contributed by atoms with Gasteiger partial charge in [-0.15, -0.1) is 0 Å². The van der Waals surface area contributed by atoms with E-state index in [-0.39, 0.29) is 11.9 Å². The molecule has 0 aromatic carbocycles. The van der Waals surface area contributed by atoms with E-state index < -0.39 is 0 Å². The van der Waals surface area contributed by atoms with Crippen LogP contribution in [0.2, 0.25) is 0 Å². The minimum absolute atomic E-state index is 0.183. The van der Waals surface area contributed by atoms with E-state index in [1.807, 2.05) is 6.92 Å². The molecule has 0 spiro atoms. The summed E-state index contributed by atoms with van der Waals surface area (Å²) in [6.07, 6.45) is 4.75. The van der Waals surface area contributed by atoms with Crippen molar-refractivity contribution in [2.75, 3.05) is 26.9 Å². The Kier molecular flexibility index (Phi) is 13.1. The Balaban J connectivity index is 3.44. The fourth-order valence-corrected chi connectivity index (χ4v) is 1.74. The lowest BCUT2D eigenvalue weighted by Gasteiger charge is -2.10. The second-order valence-corrected chi connectivity index (χ2v) is 5.32. The number of esters is 2. The molecule has 0 N–H and O–H groups in total. The first kappa shape index (κ1) is 19.9. The Labute approximate surface area is 128 Å². The summed E-state index contributed by atoms with van der Waals surface area (Å²) < 4.78 is 15.1. The summed E-state index contributed by atoms with van der Waals surface area (Å²) in [4.78, 5) is 22.7. The molecule has 5 nitrogen and oxygen atoms in total. The monoisotopic (exact) mass is 302 g/mol. The fraction of sp³-hybridized carbons (Fsp3) is 0.875. The van der Waals surface area contributed by atoms with Gasteiger partial charge in [-0.1, -0.05) is 13.8 Å². The van der Waals surface area contributed by atoms with Gasteiger partial charge >= 0.3 is 11.9 Å². The third kappa shape index (κ3) is 13.6. The molecule has 0 fully saturated rings. The number of carbonyl (C=O) groups is 2. The maximum Gasteiger partial charge on any atom is 0.305 e. The van der Waals surface area contributed by atoms with Gasteiger partial charge in [0, 0.05) is 26.6 Å². The van der Waals surface area contributed by atoms with Crippen molar-refractivity contribution < 1.29 is 23.8 Å². The molecule has 0 amide bonds. The number of carbonyl (C=O) groups excluding carboxylic acids is 2. The number of ether oxygens (including phenoxy) is 3. The van der Waals surface area contributed by atoms with Crippen LogP contribution in [-0.4, -0.2) is 38.9 Å². The molecule has 0 aromatic heterocycles. The van der Waals surface area contributed by atoms with Gasteiger partial charge in [-0.2, -0.15) is 0 Å². The summed E-state index contributed by atoms with van der Waals surface area (Å²) in [5.41, 5.74) is 0. The average Bonchev–Trinajstić information content (AvgIpc) is 2.47. The highest BCUT2D eigenvalue weighted by Gasteiger charge is 2.07. The molecule has 1 unspecified atom stereocenters. The number of methoxy groups -OCH3 is 1. The minimum Gasteiger partial charge on any atom is -0.466 e. The Morgan fingerprint density at radius 1 is 0.905 bits per heavy atom. The summed E-state index contributed by atoms with van der Waals surface area (Å²) in [5.74, 6) is 0.124. The highest BCUT2D eigenvalue weighted by molar-refractivity contribution is 5.70. The smallest absolute Gasteiger partial charge is 0.305 e. The van der Waals surface area contributed by atoms with Gasteiger partial charge in [-0.3, -0.25) is 9.59 Å². The molecule has 0 saturated heterocycles. The van der Waals surface area contributed by atoms with Crippen molar-refractivity contribution in [3.8, 4) is 0 Å². The molecule has 124 valence electrons. The Morgan fingerprint density at radius 3 is 1.95 bits per heavy atom. The molecule has 0 saturated carbocycles. The van der Waals surface area contributed by atoms with Gasteiger partial charge in [-0.25, -0.2) is 0 Å². The molecule has 0 aliphatic rings. The molecule has 21 heavy (non-hydrogen) atoms. The standard InChI is InChI=1S/C16H30O5/c1-4-11-20-15(17)7-5-6-8-16(18)21-13-10-14(2)9-12-19-3/h14H,4-13H2,1-3H3. The fourth-order valence-electron chi connectivity index (χ4n) is 1.74. The van der Waals surface area contributed by atoms with Gasteiger partial charge in [0.2, 0.25) is 0 Å². The zero-order valence-electron chi connectivity index (χ0n) is 13.7. The number of rotatable bonds is 13. The number of hydrogen-bond donors (Lipinski definition) is 0. The largest absolute Gasteiger partial charge is 0.466 e. The van der Waals surface area contributed by atoms with Crippen molar-refractivity contribution in [1.82, 2.24) is 0 Å². The maximum absolute atomic E-state index is 11.5. The molecular formula is C16H30O5. The summed E-state index contributed by atoms with van der Waals surface area (Å²) in [6.45, 7) is 5.75. The zero-order valence-corrected chi connectivity index (χ0v) is 13.7. The molecule has 0 rings (SSSR count). The Hall–Kier alpha value is -1.10. The highest BCUT2D eigenvalue weighted by atomic mass is 16.5. The molecule has 5 heteroatoms. The van der Waals surface area contributed by atoms with Crippen LogP contribution in [0.1, 0.15) is 58.8 Å². The topological polar surface area (TPSA) is 61.8 Å². The summed E-state index contributed by atoms with van der Waals surface area (Å²) in [6, 6.07) is 0. The van der Waals surface area contributed by atoms with Crippen LogP contribution in [0.3, 0.4) is 0 Å². The first-order valence-electron chi connectivity index (χ1n) is 7.90. The van der Waals surface area contributed by atoms with Crippen LogP contribution in [-0.2, 0) is 23.8 Å². The van der Waals surface area contributed by atoms with E-state index in [0.29, 0.717) is 44.8 Å². The SMILES string of the molecule is CCCOC(=O)CCCCC(=O)OCCC(C)CCOC. The van der Waals surface area contributed by atoms with Crippen molar-refractivity contribution in [3.63, 3.8) is 0 Å². The molecular weight excluding hydrogens is 272 g/mol. The maximum atomic E-state index is 11.5. The molecule has 0 aliphatic carbocycles. The van der Waals surface area contributed by atoms with Crippen molar-refractivity contribution in [2.45, 2.75) is 58.8 Å². The first-order valence-corrected chi connectivity index (χ1v) is 7.90. The Bertz CT molecular complexity index is 278. The molecule has 1 atom stereocenters. The lowest BCUT2D eigenvalue weighted by atomic mass is 10.1. The van der Waals surface area contributed by atoms with E-state index >= 15 is 0 Å². The third-order valence-electron chi connectivity index (χ3n) is 3.17. The quantitative estimate of drug-likeness (QED) is 0.386. The van der Waals surface area contributed by atoms with Crippen LogP contribution in [0, 0.1) is 5.92 Å². The van der Waals surface area contributed by atoms with Gasteiger partial charge < -0.3 is 14.2 Å². The van der Waals surface area contributed by atoms with Crippen molar-refractivity contribution in [1.29, 1.82) is 0 Å². The minimum atomic E-state index is -0.184. The average molecular weight is 302 g/mol. The van der Waals surface area contributed by atoms with Crippen LogP contribution in [0.4, 0.5) is 0 Å². The normalized spacial score (nSPS) is 12.0. The zero-order chi connectivity index (χ0) is 15.9. The molecule has 0 aromatic rings. The highest BCUT2D eigenvalue weighted by Crippen LogP contribution is 2.08. The van der Waals surface area contributed by atoms with Crippen LogP contribution in [0.5, 0.6) is 0 Å². The van der Waals surface area contributed by atoms with Gasteiger partial charge in [0.1, 0.15) is 0 Å². The summed E-state index contributed by atoms with van der Waals surface area (Å²) in [5, 5.41) is 0. The van der Waals surface area contributed by atoms with Crippen LogP contribution in [0.25, 0.3) is 0 Å². The van der Waals surface area contributed by atoms with E-state index in [1.165, 1.54) is 0 Å². The van der Waals surface area contributed by atoms with Crippen LogP contribution >= 0.6 is 0 Å². The lowest BCUT2D eigenvalue weighted by Crippen LogP contribution is -2.10. The van der Waals surface area contributed by atoms with E-state index in [2.05, 4.69) is 6.92 Å². The predicted molar refractivity (Wildman–Crippen MR) is 81.0 cm³/mol. The van der Waals surface area contributed by atoms with Gasteiger partial charge in [0.15, 0.2) is 0 Å². The molecule has 0 aliphatic heterocycles. The first-order chi connectivity index (χ1) is 10.1. The van der Waals surface area contributed by atoms with Gasteiger partial charge in [0.05, 0.1) is 13.2 Å². The second-order valence-electron chi connectivity index (χ2n) is 5.32. The summed E-state index contributed by atoms with van der Waals surface area (Å²) >= 11 is 0. The number of unbranched alkanes of at least 4 members (excludes halogenated alkanes) is 1.